The van der Waals surface area contributed by atoms with Crippen LogP contribution in [0.1, 0.15) is 12.5 Å². The van der Waals surface area contributed by atoms with Gasteiger partial charge < -0.3 is 15.4 Å². The van der Waals surface area contributed by atoms with Crippen LogP contribution < -0.4 is 10.6 Å². The Hall–Kier alpha value is -2.77. The van der Waals surface area contributed by atoms with E-state index in [1.165, 1.54) is 6.92 Å². The van der Waals surface area contributed by atoms with Gasteiger partial charge in [0.1, 0.15) is 6.04 Å². The Kier molecular flexibility index (Phi) is 9.50. The largest absolute Gasteiger partial charge is 0.379 e. The Balaban J connectivity index is 2.53. The van der Waals surface area contributed by atoms with Gasteiger partial charge in [-0.2, -0.15) is 4.99 Å². The summed E-state index contributed by atoms with van der Waals surface area (Å²) in [6, 6.07) is 6.28. The molecule has 0 saturated heterocycles. The Morgan fingerprint density at radius 3 is 2.72 bits per heavy atom. The van der Waals surface area contributed by atoms with Crippen molar-refractivity contribution in [1.29, 1.82) is 0 Å². The molecule has 1 rings (SSSR count). The van der Waals surface area contributed by atoms with E-state index >= 15 is 0 Å². The summed E-state index contributed by atoms with van der Waals surface area (Å²) in [5.74, 6) is -0.721. The number of hydrogen-bond acceptors (Lipinski definition) is 6. The van der Waals surface area contributed by atoms with E-state index in [9.17, 15) is 9.59 Å². The third-order valence-electron chi connectivity index (χ3n) is 2.96. The second kappa shape index (κ2) is 11.7. The number of hydrogen-bond donors (Lipinski definition) is 2. The molecule has 0 saturated carbocycles. The summed E-state index contributed by atoms with van der Waals surface area (Å²) >= 11 is 4.53. The summed E-state index contributed by atoms with van der Waals surface area (Å²) in [5.41, 5.74) is 9.71. The standard InChI is InChI=1S/C15H18N6O3S/c1-11(22)20-14(9-24-7-6-19-21-16)15(23)17-8-12-2-4-13(5-3-12)18-10-25/h2-5,14H,6-9H2,1H3,(H,17,23)(H,20,22)/t14-/m0/s1. The predicted octanol–water partition coefficient (Wildman–Crippen LogP) is 1.87. The Morgan fingerprint density at radius 2 is 2.12 bits per heavy atom. The van der Waals surface area contributed by atoms with Gasteiger partial charge in [0.2, 0.25) is 11.8 Å². The highest BCUT2D eigenvalue weighted by Gasteiger charge is 2.19. The molecule has 0 bridgehead atoms. The van der Waals surface area contributed by atoms with E-state index in [0.29, 0.717) is 5.69 Å². The minimum Gasteiger partial charge on any atom is -0.379 e. The maximum atomic E-state index is 12.2. The van der Waals surface area contributed by atoms with E-state index in [0.717, 1.165) is 5.56 Å². The van der Waals surface area contributed by atoms with Crippen LogP contribution in [0.5, 0.6) is 0 Å². The zero-order valence-electron chi connectivity index (χ0n) is 13.6. The van der Waals surface area contributed by atoms with Crippen LogP contribution in [0, 0.1) is 0 Å². The third-order valence-corrected chi connectivity index (χ3v) is 3.05. The summed E-state index contributed by atoms with van der Waals surface area (Å²) in [6.07, 6.45) is 0. The first-order valence-corrected chi connectivity index (χ1v) is 7.78. The van der Waals surface area contributed by atoms with E-state index in [1.54, 1.807) is 24.3 Å². The number of benzene rings is 1. The monoisotopic (exact) mass is 362 g/mol. The average molecular weight is 362 g/mol. The minimum absolute atomic E-state index is 0.0192. The van der Waals surface area contributed by atoms with Gasteiger partial charge in [-0.3, -0.25) is 9.59 Å². The molecule has 0 aliphatic heterocycles. The molecule has 1 aromatic rings. The Bertz CT molecular complexity index is 681. The lowest BCUT2D eigenvalue weighted by Crippen LogP contribution is -2.48. The van der Waals surface area contributed by atoms with Gasteiger partial charge in [-0.05, 0) is 35.4 Å². The van der Waals surface area contributed by atoms with Gasteiger partial charge in [0.25, 0.3) is 0 Å². The summed E-state index contributed by atoms with van der Waals surface area (Å²) < 4.78 is 5.24. The number of nitrogens with zero attached hydrogens (tertiary/aromatic N) is 4. The maximum absolute atomic E-state index is 12.2. The number of aliphatic imine (C=N–C) groups is 1. The highest BCUT2D eigenvalue weighted by Crippen LogP contribution is 2.12. The van der Waals surface area contributed by atoms with Crippen LogP contribution in [0.25, 0.3) is 10.4 Å². The van der Waals surface area contributed by atoms with E-state index in [1.807, 2.05) is 0 Å². The molecule has 2 N–H and O–H groups in total. The fourth-order valence-corrected chi connectivity index (χ4v) is 1.94. The number of ether oxygens (including phenoxy) is 1. The molecule has 25 heavy (non-hydrogen) atoms. The number of carbonyl (C=O) groups is 2. The molecule has 0 radical (unpaired) electrons. The van der Waals surface area contributed by atoms with Crippen molar-refractivity contribution in [2.45, 2.75) is 19.5 Å². The molecule has 0 aromatic heterocycles. The number of rotatable bonds is 10. The van der Waals surface area contributed by atoms with Crippen LogP contribution in [-0.2, 0) is 20.9 Å². The Labute approximate surface area is 150 Å². The fraction of sp³-hybridized carbons (Fsp3) is 0.400. The molecular weight excluding hydrogens is 344 g/mol. The first-order chi connectivity index (χ1) is 12.1. The van der Waals surface area contributed by atoms with Gasteiger partial charge in [-0.15, -0.1) is 0 Å². The van der Waals surface area contributed by atoms with E-state index < -0.39 is 6.04 Å². The van der Waals surface area contributed by atoms with Crippen LogP contribution in [0.15, 0.2) is 34.4 Å². The highest BCUT2D eigenvalue weighted by atomic mass is 32.1. The summed E-state index contributed by atoms with van der Waals surface area (Å²) in [7, 11) is 0. The van der Waals surface area contributed by atoms with Crippen LogP contribution >= 0.6 is 12.2 Å². The van der Waals surface area contributed by atoms with Crippen molar-refractivity contribution in [3.63, 3.8) is 0 Å². The number of thiocarbonyl (C=S) groups is 1. The van der Waals surface area contributed by atoms with Gasteiger partial charge in [0.15, 0.2) is 0 Å². The van der Waals surface area contributed by atoms with Crippen LogP contribution in [-0.4, -0.2) is 42.8 Å². The molecule has 1 atom stereocenters. The molecule has 0 fully saturated rings. The second-order valence-corrected chi connectivity index (χ2v) is 5.05. The first kappa shape index (κ1) is 20.3. The fourth-order valence-electron chi connectivity index (χ4n) is 1.83. The summed E-state index contributed by atoms with van der Waals surface area (Å²) in [4.78, 5) is 29.9. The maximum Gasteiger partial charge on any atom is 0.245 e. The molecule has 0 aliphatic carbocycles. The quantitative estimate of drug-likeness (QED) is 0.164. The van der Waals surface area contributed by atoms with Crippen molar-refractivity contribution in [3.8, 4) is 0 Å². The van der Waals surface area contributed by atoms with Crippen LogP contribution in [0.2, 0.25) is 0 Å². The molecule has 10 heteroatoms. The van der Waals surface area contributed by atoms with Gasteiger partial charge in [-0.1, -0.05) is 17.2 Å². The predicted molar refractivity (Wildman–Crippen MR) is 95.4 cm³/mol. The smallest absolute Gasteiger partial charge is 0.245 e. The van der Waals surface area contributed by atoms with Gasteiger partial charge in [-0.25, -0.2) is 0 Å². The number of amides is 2. The van der Waals surface area contributed by atoms with Crippen molar-refractivity contribution in [2.75, 3.05) is 19.8 Å². The lowest BCUT2D eigenvalue weighted by Gasteiger charge is -2.17. The minimum atomic E-state index is -0.831. The van der Waals surface area contributed by atoms with E-state index in [-0.39, 0.29) is 38.1 Å². The normalized spacial score (nSPS) is 10.8. The molecule has 0 aliphatic rings. The van der Waals surface area contributed by atoms with Crippen molar-refractivity contribution >= 4 is 34.9 Å². The second-order valence-electron chi connectivity index (χ2n) is 4.87. The molecule has 9 nitrogen and oxygen atoms in total. The lowest BCUT2D eigenvalue weighted by atomic mass is 10.2. The summed E-state index contributed by atoms with van der Waals surface area (Å²) in [5, 5.41) is 10.8. The lowest BCUT2D eigenvalue weighted by molar-refractivity contribution is -0.129. The average Bonchev–Trinajstić information content (AvgIpc) is 2.59. The number of carbonyl (C=O) groups excluding carboxylic acids is 2. The molecule has 2 amide bonds. The van der Waals surface area contributed by atoms with Gasteiger partial charge >= 0.3 is 0 Å². The van der Waals surface area contributed by atoms with Crippen molar-refractivity contribution in [3.05, 3.63) is 40.3 Å². The topological polar surface area (TPSA) is 129 Å². The molecular formula is C15H18N6O3S. The molecule has 0 unspecified atom stereocenters. The van der Waals surface area contributed by atoms with Crippen molar-refractivity contribution in [1.82, 2.24) is 10.6 Å². The Morgan fingerprint density at radius 1 is 1.40 bits per heavy atom. The van der Waals surface area contributed by atoms with Crippen LogP contribution in [0.4, 0.5) is 5.69 Å². The van der Waals surface area contributed by atoms with Crippen molar-refractivity contribution < 1.29 is 14.3 Å². The SMILES string of the molecule is CC(=O)N[C@@H](COCCN=[N+]=[N-])C(=O)NCc1ccc(N=C=S)cc1. The van der Waals surface area contributed by atoms with E-state index in [4.69, 9.17) is 10.3 Å². The highest BCUT2D eigenvalue weighted by molar-refractivity contribution is 7.78. The van der Waals surface area contributed by atoms with E-state index in [2.05, 4.69) is 43.0 Å². The molecule has 1 aromatic carbocycles. The first-order valence-electron chi connectivity index (χ1n) is 7.37. The summed E-state index contributed by atoms with van der Waals surface area (Å²) in [6.45, 7) is 1.90. The van der Waals surface area contributed by atoms with Gasteiger partial charge in [0.05, 0.1) is 24.1 Å². The van der Waals surface area contributed by atoms with Crippen LogP contribution in [0.3, 0.4) is 0 Å². The van der Waals surface area contributed by atoms with Gasteiger partial charge in [0, 0.05) is 24.9 Å². The third kappa shape index (κ3) is 8.59. The number of isothiocyanates is 1. The molecule has 132 valence electrons. The zero-order valence-corrected chi connectivity index (χ0v) is 14.5. The number of nitrogens with one attached hydrogen (secondary N) is 2. The zero-order chi connectivity index (χ0) is 18.5. The molecule has 0 heterocycles. The van der Waals surface area contributed by atoms with Crippen molar-refractivity contribution in [2.24, 2.45) is 10.1 Å². The number of azide groups is 1. The molecule has 0 spiro atoms.